The molecule has 0 saturated heterocycles. The van der Waals surface area contributed by atoms with Crippen molar-refractivity contribution in [3.8, 4) is 22.5 Å². The van der Waals surface area contributed by atoms with Gasteiger partial charge in [-0.05, 0) is 36.2 Å². The van der Waals surface area contributed by atoms with E-state index in [4.69, 9.17) is 9.94 Å². The standard InChI is InChI=1S/C24H23F2N7O2/c1-14-2-3-16(22-28-23(35-30-22)17-10-24(25,26)11-17)8-18(14)20-12-27-21-9-15(4-5-33(20)21)19-13-32(6-7-34)31-29-19/h2-5,8-9,12-13,17,22,30,34H,6-7,10-11H2,1H3. The van der Waals surface area contributed by atoms with Gasteiger partial charge < -0.3 is 9.94 Å². The number of nitrogens with zero attached hydrogens (tertiary/aromatic N) is 6. The summed E-state index contributed by atoms with van der Waals surface area (Å²) in [6.07, 6.45) is 4.65. The van der Waals surface area contributed by atoms with E-state index in [1.165, 1.54) is 0 Å². The van der Waals surface area contributed by atoms with Crippen LogP contribution in [0, 0.1) is 12.8 Å². The Morgan fingerprint density at radius 2 is 2.09 bits per heavy atom. The summed E-state index contributed by atoms with van der Waals surface area (Å²) in [5.41, 5.74) is 9.03. The maximum Gasteiger partial charge on any atom is 0.249 e. The first-order valence-electron chi connectivity index (χ1n) is 11.4. The molecule has 1 aliphatic carbocycles. The Bertz CT molecular complexity index is 1440. The zero-order valence-electron chi connectivity index (χ0n) is 18.9. The van der Waals surface area contributed by atoms with Crippen molar-refractivity contribution in [3.05, 3.63) is 60.0 Å². The SMILES string of the molecule is Cc1ccc(C2N=C(C3CC(F)(F)C3)ON2)cc1-c1cnc2cc(-c3cn(CCO)nn3)ccn12. The Morgan fingerprint density at radius 3 is 2.89 bits per heavy atom. The lowest BCUT2D eigenvalue weighted by Crippen LogP contribution is -2.40. The van der Waals surface area contributed by atoms with Gasteiger partial charge in [0.15, 0.2) is 6.17 Å². The van der Waals surface area contributed by atoms with Crippen molar-refractivity contribution >= 4 is 11.5 Å². The molecule has 2 N–H and O–H groups in total. The number of imidazole rings is 1. The molecule has 0 amide bonds. The maximum atomic E-state index is 13.2. The van der Waals surface area contributed by atoms with E-state index in [9.17, 15) is 8.78 Å². The largest absolute Gasteiger partial charge is 0.394 e. The van der Waals surface area contributed by atoms with Crippen LogP contribution < -0.4 is 5.48 Å². The maximum absolute atomic E-state index is 13.2. The van der Waals surface area contributed by atoms with Crippen LogP contribution in [0.25, 0.3) is 28.2 Å². The number of pyridine rings is 1. The average Bonchev–Trinajstić information content (AvgIpc) is 3.57. The van der Waals surface area contributed by atoms with E-state index in [2.05, 4.69) is 25.8 Å². The lowest BCUT2D eigenvalue weighted by Gasteiger charge is -2.33. The molecule has 1 atom stereocenters. The van der Waals surface area contributed by atoms with Gasteiger partial charge in [0, 0.05) is 36.1 Å². The molecule has 1 aromatic carbocycles. The van der Waals surface area contributed by atoms with E-state index in [1.54, 1.807) is 10.9 Å². The third-order valence-corrected chi connectivity index (χ3v) is 6.50. The molecule has 2 aliphatic rings. The summed E-state index contributed by atoms with van der Waals surface area (Å²) in [7, 11) is 0. The summed E-state index contributed by atoms with van der Waals surface area (Å²) < 4.78 is 30.1. The van der Waals surface area contributed by atoms with E-state index in [0.29, 0.717) is 18.1 Å². The van der Waals surface area contributed by atoms with Crippen LogP contribution in [-0.4, -0.2) is 47.9 Å². The van der Waals surface area contributed by atoms with Crippen molar-refractivity contribution in [1.29, 1.82) is 0 Å². The van der Waals surface area contributed by atoms with Gasteiger partial charge in [0.05, 0.1) is 31.2 Å². The highest BCUT2D eigenvalue weighted by molar-refractivity contribution is 5.81. The Morgan fingerprint density at radius 1 is 1.23 bits per heavy atom. The number of hydrogen-bond acceptors (Lipinski definition) is 7. The van der Waals surface area contributed by atoms with Crippen LogP contribution in [0.15, 0.2) is 53.9 Å². The molecule has 0 spiro atoms. The predicted molar refractivity (Wildman–Crippen MR) is 124 cm³/mol. The quantitative estimate of drug-likeness (QED) is 0.439. The van der Waals surface area contributed by atoms with Crippen molar-refractivity contribution in [2.75, 3.05) is 6.61 Å². The summed E-state index contributed by atoms with van der Waals surface area (Å²) >= 11 is 0. The Balaban J connectivity index is 1.29. The number of benzene rings is 1. The summed E-state index contributed by atoms with van der Waals surface area (Å²) in [5, 5.41) is 17.3. The fourth-order valence-electron chi connectivity index (χ4n) is 4.53. The Labute approximate surface area is 199 Å². The molecule has 6 rings (SSSR count). The molecular formula is C24H23F2N7O2. The van der Waals surface area contributed by atoms with Crippen LogP contribution >= 0.6 is 0 Å². The lowest BCUT2D eigenvalue weighted by molar-refractivity contribution is -0.0962. The third-order valence-electron chi connectivity index (χ3n) is 6.50. The second kappa shape index (κ2) is 8.21. The number of hydrogen-bond donors (Lipinski definition) is 2. The molecule has 0 radical (unpaired) electrons. The first-order chi connectivity index (χ1) is 16.9. The van der Waals surface area contributed by atoms with Gasteiger partial charge in [-0.25, -0.2) is 23.4 Å². The minimum atomic E-state index is -2.62. The molecule has 180 valence electrons. The second-order valence-corrected chi connectivity index (χ2v) is 9.00. The average molecular weight is 479 g/mol. The molecular weight excluding hydrogens is 456 g/mol. The highest BCUT2D eigenvalue weighted by Gasteiger charge is 2.49. The molecule has 1 aliphatic heterocycles. The smallest absolute Gasteiger partial charge is 0.249 e. The Hall–Kier alpha value is -3.70. The first-order valence-corrected chi connectivity index (χ1v) is 11.4. The highest BCUT2D eigenvalue weighted by Crippen LogP contribution is 2.44. The number of halogens is 2. The number of alkyl halides is 2. The predicted octanol–water partition coefficient (Wildman–Crippen LogP) is 3.54. The summed E-state index contributed by atoms with van der Waals surface area (Å²) in [6.45, 7) is 2.41. The van der Waals surface area contributed by atoms with Crippen LogP contribution in [0.5, 0.6) is 0 Å². The minimum absolute atomic E-state index is 0.00445. The van der Waals surface area contributed by atoms with Crippen molar-refractivity contribution in [1.82, 2.24) is 29.9 Å². The van der Waals surface area contributed by atoms with Gasteiger partial charge in [-0.3, -0.25) is 4.40 Å². The zero-order valence-corrected chi connectivity index (χ0v) is 18.9. The molecule has 4 aromatic rings. The number of aryl methyl sites for hydroxylation is 1. The van der Waals surface area contributed by atoms with E-state index in [-0.39, 0.29) is 25.4 Å². The number of aliphatic hydroxyl groups excluding tert-OH is 1. The number of hydroxylamine groups is 1. The number of fused-ring (bicyclic) bond motifs is 1. The van der Waals surface area contributed by atoms with E-state index in [0.717, 1.165) is 33.6 Å². The van der Waals surface area contributed by atoms with Gasteiger partial charge in [0.1, 0.15) is 11.3 Å². The molecule has 1 unspecified atom stereocenters. The van der Waals surface area contributed by atoms with Crippen LogP contribution in [0.4, 0.5) is 8.78 Å². The molecule has 11 heteroatoms. The fourth-order valence-corrected chi connectivity index (χ4v) is 4.53. The van der Waals surface area contributed by atoms with Crippen LogP contribution in [0.3, 0.4) is 0 Å². The van der Waals surface area contributed by atoms with E-state index < -0.39 is 12.1 Å². The molecule has 4 heterocycles. The van der Waals surface area contributed by atoms with Gasteiger partial charge in [-0.1, -0.05) is 17.3 Å². The molecule has 3 aromatic heterocycles. The first kappa shape index (κ1) is 21.8. The number of aliphatic hydroxyl groups is 1. The number of aromatic nitrogens is 5. The van der Waals surface area contributed by atoms with Gasteiger partial charge >= 0.3 is 0 Å². The lowest BCUT2D eigenvalue weighted by atomic mass is 9.81. The summed E-state index contributed by atoms with van der Waals surface area (Å²) in [5.74, 6) is -2.61. The van der Waals surface area contributed by atoms with Crippen molar-refractivity contribution in [2.45, 2.75) is 38.4 Å². The second-order valence-electron chi connectivity index (χ2n) is 9.00. The molecule has 9 nitrogen and oxygen atoms in total. The van der Waals surface area contributed by atoms with Crippen molar-refractivity contribution in [3.63, 3.8) is 0 Å². The fraction of sp³-hybridized carbons (Fsp3) is 0.333. The molecule has 0 bridgehead atoms. The monoisotopic (exact) mass is 479 g/mol. The van der Waals surface area contributed by atoms with Gasteiger partial charge in [-0.2, -0.15) is 0 Å². The number of aliphatic imine (C=N–C) groups is 1. The van der Waals surface area contributed by atoms with Gasteiger partial charge in [-0.15, -0.1) is 10.6 Å². The number of rotatable bonds is 6. The minimum Gasteiger partial charge on any atom is -0.394 e. The van der Waals surface area contributed by atoms with E-state index in [1.807, 2.05) is 54.0 Å². The van der Waals surface area contributed by atoms with Crippen LogP contribution in [-0.2, 0) is 11.4 Å². The van der Waals surface area contributed by atoms with E-state index >= 15 is 0 Å². The normalized spacial score (nSPS) is 19.5. The van der Waals surface area contributed by atoms with Gasteiger partial charge in [0.2, 0.25) is 11.8 Å². The molecule has 1 saturated carbocycles. The molecule has 35 heavy (non-hydrogen) atoms. The topological polar surface area (TPSA) is 102 Å². The number of nitrogens with one attached hydrogen (secondary N) is 1. The third kappa shape index (κ3) is 3.96. The van der Waals surface area contributed by atoms with Crippen molar-refractivity contribution in [2.24, 2.45) is 10.9 Å². The van der Waals surface area contributed by atoms with Crippen molar-refractivity contribution < 1.29 is 18.7 Å². The molecule has 1 fully saturated rings. The summed E-state index contributed by atoms with van der Waals surface area (Å²) in [4.78, 5) is 14.5. The highest BCUT2D eigenvalue weighted by atomic mass is 19.3. The van der Waals surface area contributed by atoms with Gasteiger partial charge in [0.25, 0.3) is 0 Å². The van der Waals surface area contributed by atoms with Crippen LogP contribution in [0.2, 0.25) is 0 Å². The zero-order chi connectivity index (χ0) is 24.2. The Kier molecular flexibility index (Phi) is 5.11. The summed E-state index contributed by atoms with van der Waals surface area (Å²) in [6, 6.07) is 9.87. The van der Waals surface area contributed by atoms with Crippen LogP contribution in [0.1, 0.15) is 30.1 Å².